The van der Waals surface area contributed by atoms with Gasteiger partial charge < -0.3 is 30.4 Å². The Labute approximate surface area is 275 Å². The summed E-state index contributed by atoms with van der Waals surface area (Å²) in [5.74, 6) is 1.71. The minimum atomic E-state index is -0.0709. The molecule has 1 unspecified atom stereocenters. The minimum Gasteiger partial charge on any atom is -0.497 e. The number of nitrogens with two attached hydrogens (primary N) is 2. The van der Waals surface area contributed by atoms with Gasteiger partial charge in [-0.05, 0) is 71.8 Å². The van der Waals surface area contributed by atoms with Crippen LogP contribution in [0.3, 0.4) is 0 Å². The van der Waals surface area contributed by atoms with Crippen molar-refractivity contribution in [2.75, 3.05) is 13.7 Å². The number of ether oxygens (including phenoxy) is 2. The molecular formula is C38H42N6O3. The Morgan fingerprint density at radius 3 is 2.36 bits per heavy atom. The van der Waals surface area contributed by atoms with Crippen LogP contribution in [0.1, 0.15) is 56.8 Å². The Bertz CT molecular complexity index is 1840. The number of hydrogen-bond acceptors (Lipinski definition) is 6. The highest BCUT2D eigenvalue weighted by Gasteiger charge is 2.22. The van der Waals surface area contributed by atoms with Gasteiger partial charge in [-0.1, -0.05) is 60.7 Å². The van der Waals surface area contributed by atoms with E-state index in [4.69, 9.17) is 31.3 Å². The molecule has 0 bridgehead atoms. The van der Waals surface area contributed by atoms with E-state index in [1.54, 1.807) is 7.11 Å². The van der Waals surface area contributed by atoms with Crippen molar-refractivity contribution in [1.29, 1.82) is 5.41 Å². The summed E-state index contributed by atoms with van der Waals surface area (Å²) in [5.41, 5.74) is 18.8. The maximum atomic E-state index is 14.2. The fourth-order valence-electron chi connectivity index (χ4n) is 6.18. The highest BCUT2D eigenvalue weighted by Crippen LogP contribution is 2.25. The van der Waals surface area contributed by atoms with Gasteiger partial charge in [0.2, 0.25) is 0 Å². The normalized spacial score (nSPS) is 14.4. The summed E-state index contributed by atoms with van der Waals surface area (Å²) >= 11 is 0. The summed E-state index contributed by atoms with van der Waals surface area (Å²) in [6.07, 6.45) is 3.74. The Hall–Kier alpha value is -4.99. The molecule has 1 saturated heterocycles. The van der Waals surface area contributed by atoms with Gasteiger partial charge >= 0.3 is 0 Å². The molecule has 0 radical (unpaired) electrons. The molecule has 2 heterocycles. The van der Waals surface area contributed by atoms with E-state index in [1.165, 1.54) is 0 Å². The van der Waals surface area contributed by atoms with E-state index in [0.717, 1.165) is 83.7 Å². The van der Waals surface area contributed by atoms with Crippen LogP contribution in [0.4, 0.5) is 0 Å². The number of carbonyl (C=O) groups is 1. The lowest BCUT2D eigenvalue weighted by Crippen LogP contribution is -2.30. The molecule has 1 aliphatic rings. The van der Waals surface area contributed by atoms with Gasteiger partial charge in [0.1, 0.15) is 17.4 Å². The van der Waals surface area contributed by atoms with Crippen LogP contribution in [-0.4, -0.2) is 46.0 Å². The van der Waals surface area contributed by atoms with E-state index in [9.17, 15) is 4.79 Å². The van der Waals surface area contributed by atoms with E-state index < -0.39 is 0 Å². The lowest BCUT2D eigenvalue weighted by Gasteiger charge is -2.24. The molecule has 9 heteroatoms. The molecule has 5 aromatic rings. The number of methoxy groups -OCH3 is 1. The number of rotatable bonds is 13. The molecule has 6 rings (SSSR count). The molecule has 1 aliphatic heterocycles. The van der Waals surface area contributed by atoms with Crippen molar-refractivity contribution in [1.82, 2.24) is 14.5 Å². The number of aromatic nitrogens is 2. The summed E-state index contributed by atoms with van der Waals surface area (Å²) in [6.45, 7) is 2.85. The highest BCUT2D eigenvalue weighted by molar-refractivity contribution is 5.97. The van der Waals surface area contributed by atoms with Crippen molar-refractivity contribution in [2.24, 2.45) is 11.5 Å². The van der Waals surface area contributed by atoms with Crippen LogP contribution in [0.2, 0.25) is 0 Å². The standard InChI is InChI=1S/C38H42N6O3/c1-46-32-5-2-4-29(20-32)24-43(23-28-9-7-27(22-39)8-10-28)38(45)31-16-17-35-34(21-31)42-36(44(35)25-33-6-3-19-47-33)18-13-26-11-14-30(15-12-26)37(40)41/h2,4-5,7-12,14-17,20-21,33H,3,6,13,18-19,22-25,39H2,1H3,(H3,40,41). The predicted molar refractivity (Wildman–Crippen MR) is 184 cm³/mol. The van der Waals surface area contributed by atoms with Crippen molar-refractivity contribution in [3.8, 4) is 5.75 Å². The maximum absolute atomic E-state index is 14.2. The number of benzene rings is 4. The van der Waals surface area contributed by atoms with Crippen LogP contribution in [0.5, 0.6) is 5.75 Å². The third-order valence-corrected chi connectivity index (χ3v) is 8.81. The number of nitrogens with one attached hydrogen (secondary N) is 1. The first-order chi connectivity index (χ1) is 22.9. The van der Waals surface area contributed by atoms with Gasteiger partial charge in [-0.2, -0.15) is 0 Å². The Kier molecular flexibility index (Phi) is 9.94. The third kappa shape index (κ3) is 7.70. The molecule has 242 valence electrons. The van der Waals surface area contributed by atoms with Crippen molar-refractivity contribution < 1.29 is 14.3 Å². The van der Waals surface area contributed by atoms with Crippen molar-refractivity contribution >= 4 is 22.8 Å². The molecule has 4 aromatic carbocycles. The molecule has 1 aromatic heterocycles. The summed E-state index contributed by atoms with van der Waals surface area (Å²) in [7, 11) is 1.65. The first-order valence-corrected chi connectivity index (χ1v) is 16.1. The lowest BCUT2D eigenvalue weighted by molar-refractivity contribution is 0.0730. The van der Waals surface area contributed by atoms with Crippen molar-refractivity contribution in [3.63, 3.8) is 0 Å². The Morgan fingerprint density at radius 2 is 1.66 bits per heavy atom. The van der Waals surface area contributed by atoms with E-state index in [1.807, 2.05) is 95.9 Å². The summed E-state index contributed by atoms with van der Waals surface area (Å²) < 4.78 is 13.7. The monoisotopic (exact) mass is 630 g/mol. The molecule has 1 atom stereocenters. The number of aryl methyl sites for hydroxylation is 2. The smallest absolute Gasteiger partial charge is 0.254 e. The fraction of sp³-hybridized carbons (Fsp3) is 0.289. The number of amides is 1. The molecule has 9 nitrogen and oxygen atoms in total. The molecule has 0 aliphatic carbocycles. The lowest BCUT2D eigenvalue weighted by atomic mass is 10.1. The van der Waals surface area contributed by atoms with Gasteiger partial charge in [-0.3, -0.25) is 10.2 Å². The molecule has 1 amide bonds. The average Bonchev–Trinajstić information content (AvgIpc) is 3.75. The van der Waals surface area contributed by atoms with Crippen LogP contribution in [0, 0.1) is 5.41 Å². The molecule has 0 saturated carbocycles. The molecule has 47 heavy (non-hydrogen) atoms. The van der Waals surface area contributed by atoms with Crippen molar-refractivity contribution in [2.45, 2.75) is 58.0 Å². The average molecular weight is 631 g/mol. The van der Waals surface area contributed by atoms with Gasteiger partial charge in [0, 0.05) is 43.8 Å². The quantitative estimate of drug-likeness (QED) is 0.115. The van der Waals surface area contributed by atoms with Crippen LogP contribution in [-0.2, 0) is 43.8 Å². The van der Waals surface area contributed by atoms with E-state index in [2.05, 4.69) is 4.57 Å². The first-order valence-electron chi connectivity index (χ1n) is 16.1. The van der Waals surface area contributed by atoms with Gasteiger partial charge in [-0.15, -0.1) is 0 Å². The topological polar surface area (TPSA) is 132 Å². The highest BCUT2D eigenvalue weighted by atomic mass is 16.5. The van der Waals surface area contributed by atoms with Crippen LogP contribution < -0.4 is 16.2 Å². The van der Waals surface area contributed by atoms with Crippen LogP contribution in [0.25, 0.3) is 11.0 Å². The Morgan fingerprint density at radius 1 is 0.936 bits per heavy atom. The zero-order valence-electron chi connectivity index (χ0n) is 26.8. The fourth-order valence-corrected chi connectivity index (χ4v) is 6.18. The summed E-state index contributed by atoms with van der Waals surface area (Å²) in [4.78, 5) is 21.2. The number of fused-ring (bicyclic) bond motifs is 1. The zero-order chi connectivity index (χ0) is 32.8. The van der Waals surface area contributed by atoms with Crippen LogP contribution >= 0.6 is 0 Å². The number of nitrogen functional groups attached to an aromatic ring is 1. The van der Waals surface area contributed by atoms with Gasteiger partial charge in [0.15, 0.2) is 0 Å². The SMILES string of the molecule is COc1cccc(CN(Cc2ccc(CN)cc2)C(=O)c2ccc3c(c2)nc(CCc2ccc(C(=N)N)cc2)n3CC2CCCO2)c1. The first kappa shape index (κ1) is 32.0. The molecule has 1 fully saturated rings. The number of hydrogen-bond donors (Lipinski definition) is 3. The molecule has 0 spiro atoms. The van der Waals surface area contributed by atoms with Gasteiger partial charge in [0.25, 0.3) is 5.91 Å². The largest absolute Gasteiger partial charge is 0.497 e. The van der Waals surface area contributed by atoms with E-state index in [-0.39, 0.29) is 17.8 Å². The predicted octanol–water partition coefficient (Wildman–Crippen LogP) is 5.59. The van der Waals surface area contributed by atoms with Gasteiger partial charge in [0.05, 0.1) is 30.8 Å². The maximum Gasteiger partial charge on any atom is 0.254 e. The second-order valence-electron chi connectivity index (χ2n) is 12.1. The molecule has 5 N–H and O–H groups in total. The van der Waals surface area contributed by atoms with Gasteiger partial charge in [-0.25, -0.2) is 4.98 Å². The summed E-state index contributed by atoms with van der Waals surface area (Å²) in [5, 5.41) is 7.67. The molecular weight excluding hydrogens is 588 g/mol. The second-order valence-corrected chi connectivity index (χ2v) is 12.1. The van der Waals surface area contributed by atoms with Crippen LogP contribution in [0.15, 0.2) is 91.0 Å². The second kappa shape index (κ2) is 14.6. The number of nitrogens with zero attached hydrogens (tertiary/aromatic N) is 3. The number of carbonyl (C=O) groups excluding carboxylic acids is 1. The van der Waals surface area contributed by atoms with E-state index >= 15 is 0 Å². The van der Waals surface area contributed by atoms with E-state index in [0.29, 0.717) is 30.8 Å². The third-order valence-electron chi connectivity index (χ3n) is 8.81. The number of imidazole rings is 1. The number of amidine groups is 1. The zero-order valence-corrected chi connectivity index (χ0v) is 26.8. The Balaban J connectivity index is 1.30. The summed E-state index contributed by atoms with van der Waals surface area (Å²) in [6, 6.07) is 29.6. The minimum absolute atomic E-state index is 0.0619. The van der Waals surface area contributed by atoms with Crippen molar-refractivity contribution in [3.05, 3.63) is 130 Å².